The van der Waals surface area contributed by atoms with E-state index in [-0.39, 0.29) is 24.3 Å². The van der Waals surface area contributed by atoms with Crippen LogP contribution < -0.4 is 10.1 Å². The van der Waals surface area contributed by atoms with Crippen LogP contribution in [0, 0.1) is 0 Å². The molecule has 0 spiro atoms. The molecule has 1 N–H and O–H groups in total. The summed E-state index contributed by atoms with van der Waals surface area (Å²) in [4.78, 5) is 28.3. The van der Waals surface area contributed by atoms with Crippen LogP contribution in [0.15, 0.2) is 47.1 Å². The van der Waals surface area contributed by atoms with Gasteiger partial charge in [-0.2, -0.15) is 0 Å². The summed E-state index contributed by atoms with van der Waals surface area (Å²) in [5.41, 5.74) is 4.19. The number of carbonyl (C=O) groups is 2. The van der Waals surface area contributed by atoms with Crippen molar-refractivity contribution in [2.75, 3.05) is 20.6 Å². The molecule has 2 aliphatic carbocycles. The molecule has 0 aromatic heterocycles. The van der Waals surface area contributed by atoms with Gasteiger partial charge < -0.3 is 15.0 Å². The number of allylic oxidation sites excluding steroid dienone is 5. The molecule has 1 aromatic rings. The Kier molecular flexibility index (Phi) is 7.95. The number of Topliss-reactive ketones (excluding diaryl/α,β-unsaturated/α-hetero) is 1. The van der Waals surface area contributed by atoms with Crippen molar-refractivity contribution in [1.29, 1.82) is 0 Å². The third-order valence-electron chi connectivity index (χ3n) is 7.16. The summed E-state index contributed by atoms with van der Waals surface area (Å²) in [6, 6.07) is 4.14. The number of nitrogens with zero attached hydrogens (tertiary/aromatic N) is 1. The van der Waals surface area contributed by atoms with Gasteiger partial charge in [0.2, 0.25) is 0 Å². The first-order chi connectivity index (χ1) is 16.3. The highest BCUT2D eigenvalue weighted by atomic mass is 35.5. The molecule has 0 atom stereocenters. The molecule has 3 aliphatic rings. The Balaban J connectivity index is 1.60. The van der Waals surface area contributed by atoms with Gasteiger partial charge >= 0.3 is 0 Å². The highest BCUT2D eigenvalue weighted by Gasteiger charge is 2.26. The molecule has 1 aliphatic heterocycles. The van der Waals surface area contributed by atoms with E-state index in [0.717, 1.165) is 55.2 Å². The standard InChI is InChI=1S/C28H35ClN2O3/c1-18-13-19-7-5-4-6-8-23-24(28(33)30-17-25(19)26(32)14-18)15-20(29)16-27(23)34-22-11-9-21(10-12-22)31(2)3/h4,6,13,15-16,21-22H,5,7-12,14,17H2,1-3H3,(H,30,33)/b6-4-. The molecular weight excluding hydrogens is 448 g/mol. The maximum atomic E-state index is 13.3. The van der Waals surface area contributed by atoms with Crippen LogP contribution in [-0.2, 0) is 11.2 Å². The largest absolute Gasteiger partial charge is 0.490 e. The third-order valence-corrected chi connectivity index (χ3v) is 7.38. The minimum Gasteiger partial charge on any atom is -0.490 e. The van der Waals surface area contributed by atoms with Crippen molar-refractivity contribution >= 4 is 23.3 Å². The Morgan fingerprint density at radius 2 is 1.85 bits per heavy atom. The van der Waals surface area contributed by atoms with E-state index in [1.165, 1.54) is 0 Å². The molecule has 1 amide bonds. The van der Waals surface area contributed by atoms with E-state index in [1.807, 2.05) is 13.0 Å². The zero-order valence-corrected chi connectivity index (χ0v) is 21.2. The van der Waals surface area contributed by atoms with Gasteiger partial charge in [0.25, 0.3) is 5.91 Å². The fourth-order valence-electron chi connectivity index (χ4n) is 5.22. The van der Waals surface area contributed by atoms with Gasteiger partial charge in [0.1, 0.15) is 5.75 Å². The van der Waals surface area contributed by atoms with Gasteiger partial charge in [0, 0.05) is 40.7 Å². The second-order valence-electron chi connectivity index (χ2n) is 9.93. The summed E-state index contributed by atoms with van der Waals surface area (Å²) in [6.07, 6.45) is 13.3. The summed E-state index contributed by atoms with van der Waals surface area (Å²) in [5.74, 6) is 0.568. The summed E-state index contributed by atoms with van der Waals surface area (Å²) in [6.45, 7) is 2.22. The topological polar surface area (TPSA) is 58.6 Å². The molecule has 4 rings (SSSR count). The number of rotatable bonds is 3. The van der Waals surface area contributed by atoms with Crippen LogP contribution in [0.25, 0.3) is 0 Å². The molecule has 34 heavy (non-hydrogen) atoms. The second kappa shape index (κ2) is 10.9. The molecule has 0 unspecified atom stereocenters. The van der Waals surface area contributed by atoms with E-state index in [2.05, 4.69) is 42.5 Å². The SMILES string of the molecule is CC1=CC2=C(CNC(=O)c3cc(Cl)cc(OC4CCC(N(C)C)CC4)c3C/C=C\CC2)C(=O)C1. The monoisotopic (exact) mass is 482 g/mol. The average Bonchev–Trinajstić information content (AvgIpc) is 2.78. The molecule has 6 heteroatoms. The highest BCUT2D eigenvalue weighted by molar-refractivity contribution is 6.31. The van der Waals surface area contributed by atoms with Crippen LogP contribution in [0.1, 0.15) is 67.8 Å². The lowest BCUT2D eigenvalue weighted by Crippen LogP contribution is -2.35. The number of fused-ring (bicyclic) bond motifs is 1. The predicted molar refractivity (Wildman–Crippen MR) is 137 cm³/mol. The predicted octanol–water partition coefficient (Wildman–Crippen LogP) is 5.43. The van der Waals surface area contributed by atoms with E-state index in [0.29, 0.717) is 40.8 Å². The number of nitrogens with one attached hydrogen (secondary N) is 1. The fourth-order valence-corrected chi connectivity index (χ4v) is 5.43. The van der Waals surface area contributed by atoms with Crippen LogP contribution >= 0.6 is 11.6 Å². The fraction of sp³-hybridized carbons (Fsp3) is 0.500. The van der Waals surface area contributed by atoms with Gasteiger partial charge in [-0.3, -0.25) is 9.59 Å². The number of hydrogen-bond donors (Lipinski definition) is 1. The lowest BCUT2D eigenvalue weighted by molar-refractivity contribution is -0.115. The Morgan fingerprint density at radius 3 is 2.59 bits per heavy atom. The van der Waals surface area contributed by atoms with Crippen molar-refractivity contribution in [1.82, 2.24) is 10.2 Å². The number of ketones is 1. The van der Waals surface area contributed by atoms with Gasteiger partial charge in [-0.05, 0) is 83.7 Å². The van der Waals surface area contributed by atoms with Crippen molar-refractivity contribution in [3.8, 4) is 5.75 Å². The first-order valence-electron chi connectivity index (χ1n) is 12.3. The summed E-state index contributed by atoms with van der Waals surface area (Å²) in [5, 5.41) is 3.47. The Morgan fingerprint density at radius 1 is 1.09 bits per heavy atom. The molecule has 182 valence electrons. The van der Waals surface area contributed by atoms with E-state index in [1.54, 1.807) is 6.07 Å². The van der Waals surface area contributed by atoms with E-state index in [9.17, 15) is 9.59 Å². The Hall–Kier alpha value is -2.37. The van der Waals surface area contributed by atoms with Gasteiger partial charge in [-0.25, -0.2) is 0 Å². The highest BCUT2D eigenvalue weighted by Crippen LogP contribution is 2.33. The van der Waals surface area contributed by atoms with E-state index in [4.69, 9.17) is 16.3 Å². The van der Waals surface area contributed by atoms with Crippen LogP contribution in [0.2, 0.25) is 5.02 Å². The molecule has 1 heterocycles. The summed E-state index contributed by atoms with van der Waals surface area (Å²) >= 11 is 6.45. The number of ether oxygens (including phenoxy) is 1. The summed E-state index contributed by atoms with van der Waals surface area (Å²) < 4.78 is 6.46. The molecular formula is C28H35ClN2O3. The lowest BCUT2D eigenvalue weighted by atomic mass is 9.89. The third kappa shape index (κ3) is 5.81. The smallest absolute Gasteiger partial charge is 0.252 e. The Labute approximate surface area is 207 Å². The number of halogens is 1. The van der Waals surface area contributed by atoms with Gasteiger partial charge in [-0.1, -0.05) is 35.4 Å². The van der Waals surface area contributed by atoms with Crippen molar-refractivity contribution < 1.29 is 14.3 Å². The molecule has 1 aromatic carbocycles. The zero-order valence-electron chi connectivity index (χ0n) is 20.5. The number of hydrogen-bond acceptors (Lipinski definition) is 4. The number of carbonyl (C=O) groups excluding carboxylic acids is 2. The van der Waals surface area contributed by atoms with Crippen LogP contribution in [0.3, 0.4) is 0 Å². The van der Waals surface area contributed by atoms with Crippen molar-refractivity contribution in [2.45, 2.75) is 70.4 Å². The molecule has 1 fully saturated rings. The average molecular weight is 483 g/mol. The normalized spacial score (nSPS) is 24.9. The van der Waals surface area contributed by atoms with Gasteiger partial charge in [-0.15, -0.1) is 0 Å². The minimum absolute atomic E-state index is 0.0972. The van der Waals surface area contributed by atoms with E-state index < -0.39 is 0 Å². The number of benzene rings is 1. The quantitative estimate of drug-likeness (QED) is 0.583. The van der Waals surface area contributed by atoms with Gasteiger partial charge in [0.05, 0.1) is 6.10 Å². The first kappa shape index (κ1) is 24.7. The van der Waals surface area contributed by atoms with Gasteiger partial charge in [0.15, 0.2) is 5.78 Å². The minimum atomic E-state index is -0.224. The van der Waals surface area contributed by atoms with Crippen LogP contribution in [-0.4, -0.2) is 49.4 Å². The molecule has 1 saturated carbocycles. The lowest BCUT2D eigenvalue weighted by Gasteiger charge is -2.33. The van der Waals surface area contributed by atoms with Crippen LogP contribution in [0.5, 0.6) is 5.75 Å². The maximum Gasteiger partial charge on any atom is 0.252 e. The first-order valence-corrected chi connectivity index (χ1v) is 12.7. The number of amides is 1. The van der Waals surface area contributed by atoms with Crippen molar-refractivity contribution in [3.05, 3.63) is 63.2 Å². The maximum absolute atomic E-state index is 13.3. The molecule has 0 saturated heterocycles. The van der Waals surface area contributed by atoms with E-state index >= 15 is 0 Å². The molecule has 0 bridgehead atoms. The summed E-state index contributed by atoms with van der Waals surface area (Å²) in [7, 11) is 4.26. The molecule has 0 radical (unpaired) electrons. The second-order valence-corrected chi connectivity index (χ2v) is 10.4. The zero-order chi connectivity index (χ0) is 24.2. The van der Waals surface area contributed by atoms with Crippen LogP contribution in [0.4, 0.5) is 0 Å². The molecule has 5 nitrogen and oxygen atoms in total. The van der Waals surface area contributed by atoms with Crippen molar-refractivity contribution in [2.24, 2.45) is 0 Å². The Bertz CT molecular complexity index is 1050. The van der Waals surface area contributed by atoms with Crippen molar-refractivity contribution in [3.63, 3.8) is 0 Å².